The number of nitrogens with one attached hydrogen (secondary N) is 1. The molecule has 1 N–H and O–H groups in total. The monoisotopic (exact) mass is 423 g/mol. The number of piperazine rings is 1. The predicted octanol–water partition coefficient (Wildman–Crippen LogP) is 3.67. The molecule has 2 atom stereocenters. The molecule has 4 rings (SSSR count). The minimum Gasteiger partial charge on any atom is -0.350 e. The number of alkyl halides is 3. The van der Waals surface area contributed by atoms with Gasteiger partial charge in [-0.05, 0) is 42.9 Å². The van der Waals surface area contributed by atoms with Gasteiger partial charge < -0.3 is 15.1 Å². The van der Waals surface area contributed by atoms with Crippen molar-refractivity contribution < 1.29 is 18.1 Å². The highest BCUT2D eigenvalue weighted by Gasteiger charge is 2.45. The zero-order valence-electron chi connectivity index (χ0n) is 15.0. The number of halogens is 3. The molecule has 11 heteroatoms. The summed E-state index contributed by atoms with van der Waals surface area (Å²) in [7, 11) is 0. The van der Waals surface area contributed by atoms with E-state index >= 15 is 0 Å². The number of aromatic nitrogens is 1. The highest BCUT2D eigenvalue weighted by Crippen LogP contribution is 2.36. The maximum absolute atomic E-state index is 12.9. The van der Waals surface area contributed by atoms with E-state index in [4.69, 9.17) is 12.2 Å². The number of fused-ring (bicyclic) bond motifs is 2. The van der Waals surface area contributed by atoms with Crippen LogP contribution >= 0.6 is 12.2 Å². The lowest BCUT2D eigenvalue weighted by Crippen LogP contribution is -2.50. The second-order valence-corrected chi connectivity index (χ2v) is 7.35. The first-order valence-corrected chi connectivity index (χ1v) is 9.26. The first-order chi connectivity index (χ1) is 13.7. The van der Waals surface area contributed by atoms with Crippen LogP contribution in [0.15, 0.2) is 42.5 Å². The normalized spacial score (nSPS) is 20.8. The molecule has 3 heterocycles. The number of anilines is 2. The van der Waals surface area contributed by atoms with E-state index in [9.17, 15) is 23.3 Å². The Kier molecular flexibility index (Phi) is 4.77. The average molecular weight is 423 g/mol. The number of rotatable bonds is 3. The van der Waals surface area contributed by atoms with Crippen molar-refractivity contribution in [2.45, 2.75) is 24.7 Å². The van der Waals surface area contributed by atoms with Crippen LogP contribution in [-0.4, -0.2) is 45.1 Å². The zero-order valence-corrected chi connectivity index (χ0v) is 15.8. The Labute approximate surface area is 169 Å². The minimum absolute atomic E-state index is 0.00840. The number of nitrogens with zero attached hydrogens (tertiary/aromatic N) is 4. The molecule has 7 nitrogen and oxygen atoms in total. The van der Waals surface area contributed by atoms with Crippen LogP contribution in [0.1, 0.15) is 12.1 Å². The Morgan fingerprint density at radius 3 is 2.48 bits per heavy atom. The fourth-order valence-corrected chi connectivity index (χ4v) is 4.14. The quantitative estimate of drug-likeness (QED) is 0.459. The molecule has 1 aromatic carbocycles. The number of pyridine rings is 1. The Morgan fingerprint density at radius 1 is 1.17 bits per heavy atom. The first-order valence-electron chi connectivity index (χ1n) is 8.85. The molecule has 2 bridgehead atoms. The molecule has 152 valence electrons. The molecule has 2 aliphatic rings. The van der Waals surface area contributed by atoms with E-state index in [-0.39, 0.29) is 17.8 Å². The van der Waals surface area contributed by atoms with E-state index in [1.165, 1.54) is 18.2 Å². The fourth-order valence-electron chi connectivity index (χ4n) is 3.80. The van der Waals surface area contributed by atoms with Crippen molar-refractivity contribution >= 4 is 34.5 Å². The van der Waals surface area contributed by atoms with Gasteiger partial charge in [0.2, 0.25) is 0 Å². The van der Waals surface area contributed by atoms with E-state index in [2.05, 4.69) is 10.3 Å². The molecule has 2 fully saturated rings. The molecule has 2 unspecified atom stereocenters. The number of nitro groups is 1. The molecule has 0 saturated carbocycles. The Balaban J connectivity index is 1.41. The summed E-state index contributed by atoms with van der Waals surface area (Å²) in [5, 5.41) is 14.3. The van der Waals surface area contributed by atoms with Crippen LogP contribution < -0.4 is 10.2 Å². The van der Waals surface area contributed by atoms with Crippen molar-refractivity contribution in [3.63, 3.8) is 0 Å². The standard InChI is InChI=1S/C18H16F3N5O2S/c19-18(20,21)15-2-1-3-16(23-15)24-9-14-8-13(24)10-25(14)17(29)22-11-4-6-12(7-5-11)26(27)28/h1-7,13-14H,8-10H2,(H,22,29). The summed E-state index contributed by atoms with van der Waals surface area (Å²) < 4.78 is 38.8. The molecule has 2 aromatic rings. The van der Waals surface area contributed by atoms with Gasteiger partial charge in [0, 0.05) is 30.9 Å². The van der Waals surface area contributed by atoms with Crippen LogP contribution in [0.25, 0.3) is 0 Å². The average Bonchev–Trinajstić information content (AvgIpc) is 3.29. The van der Waals surface area contributed by atoms with Crippen molar-refractivity contribution in [2.75, 3.05) is 23.3 Å². The third-order valence-electron chi connectivity index (χ3n) is 5.15. The summed E-state index contributed by atoms with van der Waals surface area (Å²) in [5.74, 6) is 0.321. The van der Waals surface area contributed by atoms with E-state index in [1.807, 2.05) is 9.80 Å². The topological polar surface area (TPSA) is 74.5 Å². The maximum Gasteiger partial charge on any atom is 0.433 e. The van der Waals surface area contributed by atoms with Crippen LogP contribution in [0.3, 0.4) is 0 Å². The van der Waals surface area contributed by atoms with Gasteiger partial charge in [0.05, 0.1) is 17.0 Å². The number of thiocarbonyl (C=S) groups is 1. The van der Waals surface area contributed by atoms with Gasteiger partial charge in [-0.3, -0.25) is 10.1 Å². The van der Waals surface area contributed by atoms with Crippen molar-refractivity contribution in [3.05, 3.63) is 58.3 Å². The largest absolute Gasteiger partial charge is 0.433 e. The third-order valence-corrected chi connectivity index (χ3v) is 5.49. The van der Waals surface area contributed by atoms with Crippen molar-refractivity contribution in [2.24, 2.45) is 0 Å². The molecule has 0 radical (unpaired) electrons. The molecule has 0 spiro atoms. The summed E-state index contributed by atoms with van der Waals surface area (Å²) in [6.45, 7) is 1.10. The van der Waals surface area contributed by atoms with E-state index in [0.717, 1.165) is 12.5 Å². The van der Waals surface area contributed by atoms with E-state index < -0.39 is 16.8 Å². The van der Waals surface area contributed by atoms with Crippen LogP contribution in [0.4, 0.5) is 30.4 Å². The molecule has 29 heavy (non-hydrogen) atoms. The van der Waals surface area contributed by atoms with Crippen LogP contribution in [-0.2, 0) is 6.18 Å². The third kappa shape index (κ3) is 3.82. The number of non-ortho nitro benzene ring substituents is 1. The Hall–Kier alpha value is -2.95. The van der Waals surface area contributed by atoms with Crippen molar-refractivity contribution in [3.8, 4) is 0 Å². The molecular formula is C18H16F3N5O2S. The molecule has 1 aromatic heterocycles. The smallest absolute Gasteiger partial charge is 0.350 e. The van der Waals surface area contributed by atoms with Crippen molar-refractivity contribution in [1.82, 2.24) is 9.88 Å². The highest BCUT2D eigenvalue weighted by atomic mass is 32.1. The van der Waals surface area contributed by atoms with Gasteiger partial charge >= 0.3 is 6.18 Å². The number of hydrogen-bond donors (Lipinski definition) is 1. The lowest BCUT2D eigenvalue weighted by atomic mass is 10.2. The molecule has 2 aliphatic heterocycles. The van der Waals surface area contributed by atoms with Crippen LogP contribution in [0, 0.1) is 10.1 Å². The predicted molar refractivity (Wildman–Crippen MR) is 105 cm³/mol. The summed E-state index contributed by atoms with van der Waals surface area (Å²) in [4.78, 5) is 17.9. The van der Waals surface area contributed by atoms with Gasteiger partial charge in [0.1, 0.15) is 11.5 Å². The number of likely N-dealkylation sites (tertiary alicyclic amines) is 1. The van der Waals surface area contributed by atoms with Crippen molar-refractivity contribution in [1.29, 1.82) is 0 Å². The molecule has 0 amide bonds. The zero-order chi connectivity index (χ0) is 20.8. The van der Waals surface area contributed by atoms with E-state index in [0.29, 0.717) is 29.7 Å². The number of benzene rings is 1. The minimum atomic E-state index is -4.48. The van der Waals surface area contributed by atoms with Gasteiger partial charge in [-0.2, -0.15) is 13.2 Å². The second kappa shape index (κ2) is 7.14. The molecule has 0 aliphatic carbocycles. The van der Waals surface area contributed by atoms with Gasteiger partial charge in [0.15, 0.2) is 5.11 Å². The molecule has 2 saturated heterocycles. The van der Waals surface area contributed by atoms with E-state index in [1.54, 1.807) is 18.2 Å². The highest BCUT2D eigenvalue weighted by molar-refractivity contribution is 7.80. The summed E-state index contributed by atoms with van der Waals surface area (Å²) >= 11 is 5.47. The Bertz CT molecular complexity index is 953. The first kappa shape index (κ1) is 19.4. The number of nitro benzene ring substituents is 1. The molecular weight excluding hydrogens is 407 g/mol. The van der Waals surface area contributed by atoms with Gasteiger partial charge in [0.25, 0.3) is 5.69 Å². The maximum atomic E-state index is 12.9. The van der Waals surface area contributed by atoms with Gasteiger partial charge in [-0.25, -0.2) is 4.98 Å². The number of hydrogen-bond acceptors (Lipinski definition) is 5. The van der Waals surface area contributed by atoms with Gasteiger partial charge in [-0.1, -0.05) is 6.07 Å². The summed E-state index contributed by atoms with van der Waals surface area (Å²) in [6.07, 6.45) is -3.70. The van der Waals surface area contributed by atoms with Gasteiger partial charge in [-0.15, -0.1) is 0 Å². The van der Waals surface area contributed by atoms with Crippen LogP contribution in [0.5, 0.6) is 0 Å². The summed E-state index contributed by atoms with van der Waals surface area (Å²) in [5.41, 5.74) is -0.268. The second-order valence-electron chi connectivity index (χ2n) is 6.96. The SMILES string of the molecule is O=[N+]([O-])c1ccc(NC(=S)N2CC3CC2CN3c2cccc(C(F)(F)F)n2)cc1. The lowest BCUT2D eigenvalue weighted by molar-refractivity contribution is -0.384. The lowest BCUT2D eigenvalue weighted by Gasteiger charge is -2.36. The van der Waals surface area contributed by atoms with Crippen LogP contribution in [0.2, 0.25) is 0 Å². The Morgan fingerprint density at radius 2 is 1.90 bits per heavy atom. The summed E-state index contributed by atoms with van der Waals surface area (Å²) in [6, 6.07) is 9.96. The fraction of sp³-hybridized carbons (Fsp3) is 0.333.